The van der Waals surface area contributed by atoms with E-state index >= 15 is 0 Å². The van der Waals surface area contributed by atoms with Crippen molar-refractivity contribution in [2.45, 2.75) is 0 Å². The van der Waals surface area contributed by atoms with Gasteiger partial charge >= 0.3 is 0 Å². The molecular formula is C18H23N7O. The maximum atomic E-state index is 9.06. The molecule has 0 radical (unpaired) electrons. The van der Waals surface area contributed by atoms with Crippen LogP contribution in [0.4, 0.5) is 17.5 Å². The van der Waals surface area contributed by atoms with E-state index in [0.717, 1.165) is 43.0 Å². The van der Waals surface area contributed by atoms with Crippen molar-refractivity contribution in [1.29, 1.82) is 0 Å². The first-order valence-corrected chi connectivity index (χ1v) is 8.85. The molecular weight excluding hydrogens is 330 g/mol. The number of aliphatic hydroxyl groups excluding tert-OH is 1. The molecule has 0 saturated carbocycles. The molecule has 2 aromatic heterocycles. The number of para-hydroxylation sites is 1. The van der Waals surface area contributed by atoms with Crippen molar-refractivity contribution >= 4 is 28.5 Å². The number of benzene rings is 1. The summed E-state index contributed by atoms with van der Waals surface area (Å²) in [6.45, 7) is 4.11. The number of aliphatic hydroxyl groups is 1. The molecule has 1 aromatic carbocycles. The van der Waals surface area contributed by atoms with E-state index < -0.39 is 0 Å². The molecule has 0 bridgehead atoms. The molecule has 4 rings (SSSR count). The number of aryl methyl sites for hydroxylation is 1. The molecule has 0 amide bonds. The smallest absolute Gasteiger partial charge is 0.226 e. The van der Waals surface area contributed by atoms with E-state index in [9.17, 15) is 0 Å². The van der Waals surface area contributed by atoms with Gasteiger partial charge in [0.05, 0.1) is 18.2 Å². The van der Waals surface area contributed by atoms with Crippen LogP contribution in [0.1, 0.15) is 0 Å². The molecule has 26 heavy (non-hydrogen) atoms. The number of anilines is 3. The summed E-state index contributed by atoms with van der Waals surface area (Å²) in [4.78, 5) is 13.9. The summed E-state index contributed by atoms with van der Waals surface area (Å²) >= 11 is 0. The molecule has 3 heterocycles. The Bertz CT molecular complexity index is 872. The molecule has 8 heteroatoms. The fourth-order valence-corrected chi connectivity index (χ4v) is 3.31. The number of nitrogens with zero attached hydrogens (tertiary/aromatic N) is 6. The number of nitrogens with one attached hydrogen (secondary N) is 1. The van der Waals surface area contributed by atoms with Crippen LogP contribution in [0, 0.1) is 0 Å². The highest BCUT2D eigenvalue weighted by molar-refractivity contribution is 5.88. The summed E-state index contributed by atoms with van der Waals surface area (Å²) < 4.78 is 1.75. The zero-order chi connectivity index (χ0) is 17.9. The van der Waals surface area contributed by atoms with Gasteiger partial charge < -0.3 is 20.2 Å². The normalized spacial score (nSPS) is 14.8. The van der Waals surface area contributed by atoms with Crippen LogP contribution >= 0.6 is 0 Å². The number of fused-ring (bicyclic) bond motifs is 1. The summed E-state index contributed by atoms with van der Waals surface area (Å²) in [5.74, 6) is 1.42. The summed E-state index contributed by atoms with van der Waals surface area (Å²) in [6.07, 6.45) is 1.82. The molecule has 0 spiro atoms. The maximum Gasteiger partial charge on any atom is 0.226 e. The Balaban J connectivity index is 1.58. The average Bonchev–Trinajstić information content (AvgIpc) is 3.07. The van der Waals surface area contributed by atoms with E-state index in [1.54, 1.807) is 4.68 Å². The maximum absolute atomic E-state index is 9.06. The summed E-state index contributed by atoms with van der Waals surface area (Å²) in [5.41, 5.74) is 2.05. The molecule has 1 saturated heterocycles. The molecule has 0 aliphatic carbocycles. The van der Waals surface area contributed by atoms with E-state index in [0.29, 0.717) is 12.5 Å². The van der Waals surface area contributed by atoms with Gasteiger partial charge in [-0.2, -0.15) is 15.1 Å². The van der Waals surface area contributed by atoms with Crippen molar-refractivity contribution in [2.24, 2.45) is 7.05 Å². The van der Waals surface area contributed by atoms with Crippen LogP contribution < -0.4 is 15.1 Å². The standard InChI is InChI=1S/C18H23N7O/c1-23-16-15(13-20-23)17(22-18(21-16)19-7-12-26)25-10-8-24(9-11-25)14-5-3-2-4-6-14/h2-6,13,26H,7-12H2,1H3,(H,19,21,22). The third-order valence-corrected chi connectivity index (χ3v) is 4.67. The van der Waals surface area contributed by atoms with Crippen molar-refractivity contribution in [1.82, 2.24) is 19.7 Å². The first kappa shape index (κ1) is 16.6. The third kappa shape index (κ3) is 3.15. The highest BCUT2D eigenvalue weighted by Crippen LogP contribution is 2.26. The lowest BCUT2D eigenvalue weighted by Gasteiger charge is -2.37. The Morgan fingerprint density at radius 2 is 1.77 bits per heavy atom. The number of piperazine rings is 1. The summed E-state index contributed by atoms with van der Waals surface area (Å²) in [5, 5.41) is 17.4. The Kier molecular flexibility index (Phi) is 4.57. The van der Waals surface area contributed by atoms with Gasteiger partial charge in [-0.25, -0.2) is 0 Å². The summed E-state index contributed by atoms with van der Waals surface area (Å²) in [7, 11) is 1.88. The number of hydrogen-bond donors (Lipinski definition) is 2. The van der Waals surface area contributed by atoms with Crippen molar-refractivity contribution in [3.05, 3.63) is 36.5 Å². The second kappa shape index (κ2) is 7.17. The van der Waals surface area contributed by atoms with Crippen LogP contribution in [-0.4, -0.2) is 64.2 Å². The molecule has 136 valence electrons. The second-order valence-corrected chi connectivity index (χ2v) is 6.34. The van der Waals surface area contributed by atoms with Crippen LogP contribution in [0.5, 0.6) is 0 Å². The highest BCUT2D eigenvalue weighted by atomic mass is 16.3. The van der Waals surface area contributed by atoms with Gasteiger partial charge in [0.25, 0.3) is 0 Å². The van der Waals surface area contributed by atoms with E-state index in [4.69, 9.17) is 10.1 Å². The monoisotopic (exact) mass is 353 g/mol. The molecule has 8 nitrogen and oxygen atoms in total. The predicted molar refractivity (Wildman–Crippen MR) is 103 cm³/mol. The Hall–Kier alpha value is -2.87. The fraction of sp³-hybridized carbons (Fsp3) is 0.389. The predicted octanol–water partition coefficient (Wildman–Crippen LogP) is 1.09. The number of rotatable bonds is 5. The summed E-state index contributed by atoms with van der Waals surface area (Å²) in [6, 6.07) is 10.5. The topological polar surface area (TPSA) is 82.3 Å². The van der Waals surface area contributed by atoms with E-state index in [2.05, 4.69) is 49.5 Å². The van der Waals surface area contributed by atoms with Crippen LogP contribution in [0.2, 0.25) is 0 Å². The van der Waals surface area contributed by atoms with Crippen molar-refractivity contribution in [3.63, 3.8) is 0 Å². The minimum absolute atomic E-state index is 0.0396. The van der Waals surface area contributed by atoms with Crippen molar-refractivity contribution in [2.75, 3.05) is 54.4 Å². The van der Waals surface area contributed by atoms with Gasteiger partial charge in [0.1, 0.15) is 5.82 Å². The van der Waals surface area contributed by atoms with Crippen LogP contribution in [-0.2, 0) is 7.05 Å². The second-order valence-electron chi connectivity index (χ2n) is 6.34. The minimum atomic E-state index is 0.0396. The Morgan fingerprint density at radius 3 is 2.50 bits per heavy atom. The first-order chi connectivity index (χ1) is 12.8. The Morgan fingerprint density at radius 1 is 1.04 bits per heavy atom. The van der Waals surface area contributed by atoms with Crippen molar-refractivity contribution < 1.29 is 5.11 Å². The molecule has 1 aliphatic rings. The van der Waals surface area contributed by atoms with Gasteiger partial charge in [-0.3, -0.25) is 4.68 Å². The van der Waals surface area contributed by atoms with Gasteiger partial charge in [0.2, 0.25) is 5.95 Å². The van der Waals surface area contributed by atoms with Crippen LogP contribution in [0.25, 0.3) is 11.0 Å². The SMILES string of the molecule is Cn1ncc2c(N3CCN(c4ccccc4)CC3)nc(NCCO)nc21. The molecule has 1 aliphatic heterocycles. The lowest BCUT2D eigenvalue weighted by Crippen LogP contribution is -2.47. The van der Waals surface area contributed by atoms with Crippen LogP contribution in [0.3, 0.4) is 0 Å². The van der Waals surface area contributed by atoms with E-state index in [1.165, 1.54) is 5.69 Å². The lowest BCUT2D eigenvalue weighted by molar-refractivity contribution is 0.311. The molecule has 0 unspecified atom stereocenters. The molecule has 3 aromatic rings. The first-order valence-electron chi connectivity index (χ1n) is 8.85. The lowest BCUT2D eigenvalue weighted by atomic mass is 10.2. The highest BCUT2D eigenvalue weighted by Gasteiger charge is 2.22. The fourth-order valence-electron chi connectivity index (χ4n) is 3.31. The van der Waals surface area contributed by atoms with Crippen LogP contribution in [0.15, 0.2) is 36.5 Å². The van der Waals surface area contributed by atoms with E-state index in [-0.39, 0.29) is 6.61 Å². The quantitative estimate of drug-likeness (QED) is 0.711. The zero-order valence-electron chi connectivity index (χ0n) is 14.8. The van der Waals surface area contributed by atoms with Crippen molar-refractivity contribution in [3.8, 4) is 0 Å². The largest absolute Gasteiger partial charge is 0.395 e. The zero-order valence-corrected chi connectivity index (χ0v) is 14.8. The van der Waals surface area contributed by atoms with Gasteiger partial charge in [-0.1, -0.05) is 18.2 Å². The van der Waals surface area contributed by atoms with Gasteiger partial charge in [-0.15, -0.1) is 0 Å². The Labute approximate surface area is 152 Å². The third-order valence-electron chi connectivity index (χ3n) is 4.67. The number of hydrogen-bond acceptors (Lipinski definition) is 7. The minimum Gasteiger partial charge on any atom is -0.395 e. The average molecular weight is 353 g/mol. The number of aromatic nitrogens is 4. The van der Waals surface area contributed by atoms with E-state index in [1.807, 2.05) is 19.3 Å². The van der Waals surface area contributed by atoms with Gasteiger partial charge in [-0.05, 0) is 12.1 Å². The molecule has 0 atom stereocenters. The van der Waals surface area contributed by atoms with Gasteiger partial charge in [0, 0.05) is 45.5 Å². The molecule has 2 N–H and O–H groups in total. The van der Waals surface area contributed by atoms with Gasteiger partial charge in [0.15, 0.2) is 5.65 Å². The molecule has 1 fully saturated rings.